The highest BCUT2D eigenvalue weighted by Gasteiger charge is 2.06. The summed E-state index contributed by atoms with van der Waals surface area (Å²) in [5.74, 6) is -0.112. The Morgan fingerprint density at radius 2 is 1.27 bits per heavy atom. The molecule has 0 atom stereocenters. The number of hydrogen-bond acceptors (Lipinski definition) is 3. The number of carbonyl (C=O) groups is 1. The van der Waals surface area contributed by atoms with Gasteiger partial charge >= 0.3 is 5.97 Å². The first-order valence-corrected chi connectivity index (χ1v) is 11.2. The Labute approximate surface area is 163 Å². The van der Waals surface area contributed by atoms with Crippen molar-refractivity contribution in [3.05, 3.63) is 12.2 Å². The van der Waals surface area contributed by atoms with Gasteiger partial charge < -0.3 is 4.74 Å². The molecule has 0 amide bonds. The average Bonchev–Trinajstić information content (AvgIpc) is 2.61. The lowest BCUT2D eigenvalue weighted by molar-refractivity contribution is -0.144. The molecular formula is C23H45NO2. The maximum atomic E-state index is 11.4. The number of carbonyl (C=O) groups excluding carboxylic acids is 1. The van der Waals surface area contributed by atoms with E-state index in [1.54, 1.807) is 0 Å². The molecule has 0 aromatic rings. The maximum absolute atomic E-state index is 11.4. The van der Waals surface area contributed by atoms with Crippen molar-refractivity contribution in [2.24, 2.45) is 0 Å². The van der Waals surface area contributed by atoms with Gasteiger partial charge in [-0.3, -0.25) is 9.69 Å². The molecule has 0 N–H and O–H groups in total. The summed E-state index contributed by atoms with van der Waals surface area (Å²) in [6.45, 7) is 6.00. The Kier molecular flexibility index (Phi) is 19.8. The van der Waals surface area contributed by atoms with Crippen molar-refractivity contribution in [1.82, 2.24) is 4.90 Å². The summed E-state index contributed by atoms with van der Waals surface area (Å²) < 4.78 is 4.96. The SMILES string of the molecule is CCCCCCCC/C=C\CCCCCCCCN(C)CC(=O)OCC. The van der Waals surface area contributed by atoms with Crippen LogP contribution in [-0.2, 0) is 9.53 Å². The van der Waals surface area contributed by atoms with Crippen LogP contribution in [0.3, 0.4) is 0 Å². The van der Waals surface area contributed by atoms with E-state index in [4.69, 9.17) is 4.74 Å². The predicted molar refractivity (Wildman–Crippen MR) is 114 cm³/mol. The topological polar surface area (TPSA) is 29.5 Å². The lowest BCUT2D eigenvalue weighted by atomic mass is 10.1. The molecule has 26 heavy (non-hydrogen) atoms. The molecule has 0 unspecified atom stereocenters. The van der Waals surface area contributed by atoms with Crippen LogP contribution in [0.4, 0.5) is 0 Å². The van der Waals surface area contributed by atoms with Gasteiger partial charge in [0.1, 0.15) is 0 Å². The molecule has 0 aliphatic carbocycles. The number of allylic oxidation sites excluding steroid dienone is 2. The molecule has 0 saturated heterocycles. The van der Waals surface area contributed by atoms with E-state index >= 15 is 0 Å². The number of unbranched alkanes of at least 4 members (excludes halogenated alkanes) is 12. The summed E-state index contributed by atoms with van der Waals surface area (Å²) in [6, 6.07) is 0. The van der Waals surface area contributed by atoms with E-state index in [1.165, 1.54) is 89.9 Å². The fourth-order valence-electron chi connectivity index (χ4n) is 3.14. The highest BCUT2D eigenvalue weighted by atomic mass is 16.5. The molecule has 0 aromatic carbocycles. The monoisotopic (exact) mass is 367 g/mol. The van der Waals surface area contributed by atoms with Gasteiger partial charge in [0.25, 0.3) is 0 Å². The fraction of sp³-hybridized carbons (Fsp3) is 0.870. The first-order chi connectivity index (χ1) is 12.7. The summed E-state index contributed by atoms with van der Waals surface area (Å²) in [4.78, 5) is 13.4. The van der Waals surface area contributed by atoms with Crippen molar-refractivity contribution in [2.75, 3.05) is 26.7 Å². The normalized spacial score (nSPS) is 11.5. The van der Waals surface area contributed by atoms with Gasteiger partial charge in [-0.15, -0.1) is 0 Å². The van der Waals surface area contributed by atoms with E-state index in [9.17, 15) is 4.79 Å². The first-order valence-electron chi connectivity index (χ1n) is 11.2. The third kappa shape index (κ3) is 19.5. The Bertz CT molecular complexity index is 328. The summed E-state index contributed by atoms with van der Waals surface area (Å²) in [6.07, 6.45) is 23.4. The zero-order valence-electron chi connectivity index (χ0n) is 17.9. The lowest BCUT2D eigenvalue weighted by Gasteiger charge is -2.15. The first kappa shape index (κ1) is 25.2. The second-order valence-electron chi connectivity index (χ2n) is 7.48. The van der Waals surface area contributed by atoms with Gasteiger partial charge in [-0.25, -0.2) is 0 Å². The van der Waals surface area contributed by atoms with Crippen molar-refractivity contribution >= 4 is 5.97 Å². The van der Waals surface area contributed by atoms with E-state index < -0.39 is 0 Å². The Balaban J connectivity index is 3.23. The van der Waals surface area contributed by atoms with Gasteiger partial charge in [0.2, 0.25) is 0 Å². The number of rotatable bonds is 19. The van der Waals surface area contributed by atoms with Gasteiger partial charge in [-0.2, -0.15) is 0 Å². The zero-order valence-corrected chi connectivity index (χ0v) is 17.9. The highest BCUT2D eigenvalue weighted by molar-refractivity contribution is 5.71. The molecule has 3 nitrogen and oxygen atoms in total. The van der Waals surface area contributed by atoms with Crippen molar-refractivity contribution in [3.8, 4) is 0 Å². The molecule has 0 radical (unpaired) electrons. The number of nitrogens with zero attached hydrogens (tertiary/aromatic N) is 1. The van der Waals surface area contributed by atoms with Gasteiger partial charge in [0, 0.05) is 0 Å². The second kappa shape index (κ2) is 20.5. The maximum Gasteiger partial charge on any atom is 0.320 e. The Morgan fingerprint density at radius 3 is 1.81 bits per heavy atom. The van der Waals surface area contributed by atoms with Crippen LogP contribution in [0.15, 0.2) is 12.2 Å². The minimum atomic E-state index is -0.112. The van der Waals surface area contributed by atoms with Crippen molar-refractivity contribution in [2.45, 2.75) is 104 Å². The van der Waals surface area contributed by atoms with Crippen molar-refractivity contribution < 1.29 is 9.53 Å². The van der Waals surface area contributed by atoms with Crippen LogP contribution in [0.2, 0.25) is 0 Å². The molecule has 0 fully saturated rings. The third-order valence-corrected chi connectivity index (χ3v) is 4.76. The quantitative estimate of drug-likeness (QED) is 0.148. The summed E-state index contributed by atoms with van der Waals surface area (Å²) in [7, 11) is 1.99. The highest BCUT2D eigenvalue weighted by Crippen LogP contribution is 2.10. The molecule has 3 heteroatoms. The number of esters is 1. The molecular weight excluding hydrogens is 322 g/mol. The van der Waals surface area contributed by atoms with Gasteiger partial charge in [0.05, 0.1) is 13.2 Å². The van der Waals surface area contributed by atoms with E-state index in [0.717, 1.165) is 6.54 Å². The average molecular weight is 368 g/mol. The fourth-order valence-corrected chi connectivity index (χ4v) is 3.14. The minimum absolute atomic E-state index is 0.112. The molecule has 0 aliphatic heterocycles. The molecule has 0 aromatic heterocycles. The van der Waals surface area contributed by atoms with Crippen LogP contribution in [0.5, 0.6) is 0 Å². The van der Waals surface area contributed by atoms with Crippen LogP contribution in [0.25, 0.3) is 0 Å². The Morgan fingerprint density at radius 1 is 0.769 bits per heavy atom. The Hall–Kier alpha value is -0.830. The van der Waals surface area contributed by atoms with E-state index in [2.05, 4.69) is 24.0 Å². The number of ether oxygens (including phenoxy) is 1. The number of likely N-dealkylation sites (N-methyl/N-ethyl adjacent to an activating group) is 1. The van der Waals surface area contributed by atoms with Gasteiger partial charge in [0.15, 0.2) is 0 Å². The third-order valence-electron chi connectivity index (χ3n) is 4.76. The lowest BCUT2D eigenvalue weighted by Crippen LogP contribution is -2.28. The molecule has 0 bridgehead atoms. The molecule has 0 rings (SSSR count). The smallest absolute Gasteiger partial charge is 0.320 e. The minimum Gasteiger partial charge on any atom is -0.465 e. The van der Waals surface area contributed by atoms with Gasteiger partial charge in [-0.05, 0) is 52.6 Å². The second-order valence-corrected chi connectivity index (χ2v) is 7.48. The van der Waals surface area contributed by atoms with Crippen LogP contribution >= 0.6 is 0 Å². The predicted octanol–water partition coefficient (Wildman–Crippen LogP) is 6.52. The van der Waals surface area contributed by atoms with Crippen LogP contribution in [0.1, 0.15) is 104 Å². The molecule has 0 aliphatic rings. The summed E-state index contributed by atoms with van der Waals surface area (Å²) >= 11 is 0. The number of hydrogen-bond donors (Lipinski definition) is 0. The van der Waals surface area contributed by atoms with Crippen LogP contribution in [0, 0.1) is 0 Å². The molecule has 0 spiro atoms. The van der Waals surface area contributed by atoms with Crippen LogP contribution in [-0.4, -0.2) is 37.6 Å². The molecule has 0 saturated carbocycles. The largest absolute Gasteiger partial charge is 0.465 e. The van der Waals surface area contributed by atoms with Crippen molar-refractivity contribution in [1.29, 1.82) is 0 Å². The van der Waals surface area contributed by atoms with E-state index in [0.29, 0.717) is 13.2 Å². The zero-order chi connectivity index (χ0) is 19.3. The van der Waals surface area contributed by atoms with E-state index in [-0.39, 0.29) is 5.97 Å². The van der Waals surface area contributed by atoms with Gasteiger partial charge in [-0.1, -0.05) is 76.9 Å². The standard InChI is InChI=1S/C23H45NO2/c1-4-6-7-8-9-10-11-12-13-14-15-16-17-18-19-20-21-24(3)22-23(25)26-5-2/h12-13H,4-11,14-22H2,1-3H3/b13-12-. The summed E-state index contributed by atoms with van der Waals surface area (Å²) in [5, 5.41) is 0. The van der Waals surface area contributed by atoms with Crippen LogP contribution < -0.4 is 0 Å². The molecule has 154 valence electrons. The summed E-state index contributed by atoms with van der Waals surface area (Å²) in [5.41, 5.74) is 0. The van der Waals surface area contributed by atoms with E-state index in [1.807, 2.05) is 14.0 Å². The van der Waals surface area contributed by atoms with Crippen molar-refractivity contribution in [3.63, 3.8) is 0 Å². The molecule has 0 heterocycles.